The molecule has 1 aliphatic heterocycles. The van der Waals surface area contributed by atoms with Crippen LogP contribution >= 0.6 is 0 Å². The highest BCUT2D eigenvalue weighted by Crippen LogP contribution is 2.34. The molecule has 6 heteroatoms. The van der Waals surface area contributed by atoms with Gasteiger partial charge >= 0.3 is 0 Å². The number of nitrogens with zero attached hydrogens (tertiary/aromatic N) is 4. The Morgan fingerprint density at radius 2 is 1.89 bits per heavy atom. The van der Waals surface area contributed by atoms with Crippen LogP contribution in [-0.2, 0) is 24.7 Å². The summed E-state index contributed by atoms with van der Waals surface area (Å²) in [6.45, 7) is 1.32. The van der Waals surface area contributed by atoms with Crippen LogP contribution in [-0.4, -0.2) is 28.8 Å². The number of hydrogen-bond acceptors (Lipinski definition) is 4. The summed E-state index contributed by atoms with van der Waals surface area (Å²) in [5, 5.41) is 16.8. The summed E-state index contributed by atoms with van der Waals surface area (Å²) < 4.78 is 1.80. The Balaban J connectivity index is 1.34. The van der Waals surface area contributed by atoms with E-state index >= 15 is 0 Å². The number of aromatic nitrogens is 2. The van der Waals surface area contributed by atoms with Gasteiger partial charge < -0.3 is 10.2 Å². The number of carbonyl (C=O) groups excluding carboxylic acids is 1. The summed E-state index contributed by atoms with van der Waals surface area (Å²) in [7, 11) is 1.91. The van der Waals surface area contributed by atoms with Crippen molar-refractivity contribution in [1.29, 1.82) is 5.26 Å². The molecule has 5 rings (SSSR count). The molecule has 0 saturated heterocycles. The van der Waals surface area contributed by atoms with Crippen LogP contribution in [0.15, 0.2) is 85.2 Å². The number of nitrogens with one attached hydrogen (secondary N) is 1. The monoisotopic (exact) mass is 461 g/mol. The van der Waals surface area contributed by atoms with E-state index in [1.165, 1.54) is 5.56 Å². The van der Waals surface area contributed by atoms with Gasteiger partial charge in [-0.2, -0.15) is 10.4 Å². The van der Waals surface area contributed by atoms with Crippen molar-refractivity contribution in [3.05, 3.63) is 107 Å². The number of fused-ring (bicyclic) bond motifs is 1. The minimum absolute atomic E-state index is 0.0592. The van der Waals surface area contributed by atoms with Crippen LogP contribution < -0.4 is 10.2 Å². The Labute approximate surface area is 205 Å². The van der Waals surface area contributed by atoms with Crippen LogP contribution in [0.3, 0.4) is 0 Å². The van der Waals surface area contributed by atoms with Crippen molar-refractivity contribution in [2.75, 3.05) is 18.0 Å². The van der Waals surface area contributed by atoms with Crippen LogP contribution in [0.25, 0.3) is 11.1 Å². The maximum absolute atomic E-state index is 13.8. The number of benzene rings is 3. The highest BCUT2D eigenvalue weighted by molar-refractivity contribution is 5.99. The van der Waals surface area contributed by atoms with Gasteiger partial charge in [-0.15, -0.1) is 0 Å². The molecule has 0 bridgehead atoms. The van der Waals surface area contributed by atoms with Gasteiger partial charge in [0.25, 0.3) is 0 Å². The van der Waals surface area contributed by atoms with E-state index in [4.69, 9.17) is 5.26 Å². The van der Waals surface area contributed by atoms with Crippen LogP contribution in [0, 0.1) is 11.3 Å². The van der Waals surface area contributed by atoms with Crippen molar-refractivity contribution >= 4 is 11.6 Å². The number of hydrogen-bond donors (Lipinski definition) is 1. The molecule has 1 N–H and O–H groups in total. The predicted molar refractivity (Wildman–Crippen MR) is 137 cm³/mol. The lowest BCUT2D eigenvalue weighted by molar-refractivity contribution is -0.120. The van der Waals surface area contributed by atoms with Crippen LogP contribution in [0.4, 0.5) is 5.69 Å². The molecule has 174 valence electrons. The van der Waals surface area contributed by atoms with Gasteiger partial charge in [0.05, 0.1) is 17.8 Å². The van der Waals surface area contributed by atoms with E-state index in [1.54, 1.807) is 4.68 Å². The van der Waals surface area contributed by atoms with E-state index in [1.807, 2.05) is 78.9 Å². The third-order valence-corrected chi connectivity index (χ3v) is 6.50. The van der Waals surface area contributed by atoms with Crippen LogP contribution in [0.1, 0.15) is 28.3 Å². The summed E-state index contributed by atoms with van der Waals surface area (Å²) >= 11 is 0. The van der Waals surface area contributed by atoms with Crippen molar-refractivity contribution < 1.29 is 4.79 Å². The smallest absolute Gasteiger partial charge is 0.248 e. The first-order valence-corrected chi connectivity index (χ1v) is 11.8. The molecule has 0 radical (unpaired) electrons. The Bertz CT molecular complexity index is 1370. The fourth-order valence-electron chi connectivity index (χ4n) is 4.64. The average Bonchev–Trinajstić information content (AvgIpc) is 3.53. The molecule has 2 heterocycles. The van der Waals surface area contributed by atoms with Crippen molar-refractivity contribution in [2.45, 2.75) is 18.9 Å². The third-order valence-electron chi connectivity index (χ3n) is 6.50. The SMILES string of the molecule is Cn1cc(-c2ccc3c(c2)CCN3C(=O)[C@H](NCCc2ccc(C#N)cc2)c2ccccc2)cn1. The minimum atomic E-state index is -0.432. The molecule has 4 aromatic rings. The molecule has 35 heavy (non-hydrogen) atoms. The van der Waals surface area contributed by atoms with Gasteiger partial charge in [-0.3, -0.25) is 9.48 Å². The third kappa shape index (κ3) is 4.86. The van der Waals surface area contributed by atoms with Crippen molar-refractivity contribution in [3.63, 3.8) is 0 Å². The number of amides is 1. The Morgan fingerprint density at radius 1 is 1.09 bits per heavy atom. The Morgan fingerprint density at radius 3 is 2.60 bits per heavy atom. The molecule has 0 spiro atoms. The molecule has 1 aliphatic rings. The van der Waals surface area contributed by atoms with E-state index in [0.29, 0.717) is 18.7 Å². The molecule has 3 aromatic carbocycles. The molecule has 1 aromatic heterocycles. The topological polar surface area (TPSA) is 74.0 Å². The molecule has 0 unspecified atom stereocenters. The Kier molecular flexibility index (Phi) is 6.42. The number of aryl methyl sites for hydroxylation is 1. The summed E-state index contributed by atoms with van der Waals surface area (Å²) in [4.78, 5) is 15.7. The molecule has 1 amide bonds. The van der Waals surface area contributed by atoms with Gasteiger partial charge in [0, 0.05) is 37.6 Å². The zero-order valence-electron chi connectivity index (χ0n) is 19.7. The highest BCUT2D eigenvalue weighted by atomic mass is 16.2. The first kappa shape index (κ1) is 22.6. The van der Waals surface area contributed by atoms with Gasteiger partial charge in [0.15, 0.2) is 0 Å². The summed E-state index contributed by atoms with van der Waals surface area (Å²) in [5.74, 6) is 0.0592. The second-order valence-corrected chi connectivity index (χ2v) is 8.84. The van der Waals surface area contributed by atoms with Gasteiger partial charge in [-0.25, -0.2) is 0 Å². The van der Waals surface area contributed by atoms with E-state index in [0.717, 1.165) is 40.8 Å². The van der Waals surface area contributed by atoms with E-state index in [-0.39, 0.29) is 5.91 Å². The van der Waals surface area contributed by atoms with Crippen molar-refractivity contribution in [2.24, 2.45) is 7.05 Å². The maximum Gasteiger partial charge on any atom is 0.248 e. The maximum atomic E-state index is 13.8. The Hall–Kier alpha value is -4.21. The quantitative estimate of drug-likeness (QED) is 0.442. The molecular weight excluding hydrogens is 434 g/mol. The first-order valence-electron chi connectivity index (χ1n) is 11.8. The lowest BCUT2D eigenvalue weighted by Crippen LogP contribution is -2.41. The average molecular weight is 462 g/mol. The van der Waals surface area contributed by atoms with E-state index in [9.17, 15) is 4.79 Å². The fourth-order valence-corrected chi connectivity index (χ4v) is 4.64. The second kappa shape index (κ2) is 9.96. The summed E-state index contributed by atoms with van der Waals surface area (Å²) in [6.07, 6.45) is 5.47. The lowest BCUT2D eigenvalue weighted by Gasteiger charge is -2.25. The molecular formula is C29H27N5O. The number of rotatable bonds is 7. The zero-order valence-corrected chi connectivity index (χ0v) is 19.7. The van der Waals surface area contributed by atoms with Gasteiger partial charge in [0.2, 0.25) is 5.91 Å². The van der Waals surface area contributed by atoms with Crippen molar-refractivity contribution in [1.82, 2.24) is 15.1 Å². The largest absolute Gasteiger partial charge is 0.310 e. The van der Waals surface area contributed by atoms with E-state index < -0.39 is 6.04 Å². The number of nitriles is 1. The van der Waals surface area contributed by atoms with Gasteiger partial charge in [-0.05, 0) is 59.4 Å². The molecule has 6 nitrogen and oxygen atoms in total. The van der Waals surface area contributed by atoms with Gasteiger partial charge in [0.1, 0.15) is 6.04 Å². The van der Waals surface area contributed by atoms with Crippen LogP contribution in [0.2, 0.25) is 0 Å². The second-order valence-electron chi connectivity index (χ2n) is 8.84. The fraction of sp³-hybridized carbons (Fsp3) is 0.207. The molecule has 0 aliphatic carbocycles. The standard InChI is InChI=1S/C29H27N5O/c1-33-20-26(19-32-33)24-11-12-27-25(17-24)14-16-34(27)29(35)28(23-5-3-2-4-6-23)31-15-13-21-7-9-22(18-30)10-8-21/h2-12,17,19-20,28,31H,13-16H2,1H3/t28-/m1/s1. The van der Waals surface area contributed by atoms with Crippen molar-refractivity contribution in [3.8, 4) is 17.2 Å². The predicted octanol–water partition coefficient (Wildman–Crippen LogP) is 4.42. The van der Waals surface area contributed by atoms with Crippen LogP contribution in [0.5, 0.6) is 0 Å². The van der Waals surface area contributed by atoms with Gasteiger partial charge in [-0.1, -0.05) is 48.5 Å². The first-order chi connectivity index (χ1) is 17.1. The normalized spacial score (nSPS) is 13.3. The summed E-state index contributed by atoms with van der Waals surface area (Å²) in [6, 6.07) is 25.5. The lowest BCUT2D eigenvalue weighted by atomic mass is 10.0. The molecule has 0 fully saturated rings. The summed E-state index contributed by atoms with van der Waals surface area (Å²) in [5.41, 5.74) is 7.10. The van der Waals surface area contributed by atoms with E-state index in [2.05, 4.69) is 34.7 Å². The number of carbonyl (C=O) groups is 1. The zero-order chi connectivity index (χ0) is 24.2. The molecule has 0 saturated carbocycles. The minimum Gasteiger partial charge on any atom is -0.310 e. The number of anilines is 1. The molecule has 1 atom stereocenters. The highest BCUT2D eigenvalue weighted by Gasteiger charge is 2.31.